The van der Waals surface area contributed by atoms with Crippen molar-refractivity contribution < 1.29 is 9.90 Å². The number of carbonyl (C=O) groups is 1. The summed E-state index contributed by atoms with van der Waals surface area (Å²) in [6.45, 7) is 8.46. The van der Waals surface area contributed by atoms with Crippen molar-refractivity contribution in [2.24, 2.45) is 17.6 Å². The number of hydrogen-bond acceptors (Lipinski definition) is 3. The molecule has 0 aliphatic heterocycles. The van der Waals surface area contributed by atoms with Crippen LogP contribution in [0.5, 0.6) is 0 Å². The molecule has 0 heterocycles. The highest BCUT2D eigenvalue weighted by Crippen LogP contribution is 2.41. The number of nitrogens with two attached hydrogens (primary N) is 1. The Morgan fingerprint density at radius 1 is 1.29 bits per heavy atom. The maximum absolute atomic E-state index is 11.0. The average Bonchev–Trinajstić information content (AvgIpc) is 2.13. The summed E-state index contributed by atoms with van der Waals surface area (Å²) < 4.78 is -0.396. The van der Waals surface area contributed by atoms with Gasteiger partial charge in [0.2, 0.25) is 0 Å². The lowest BCUT2D eigenvalue weighted by Crippen LogP contribution is -2.48. The molecular weight excluding hydrogens is 234 g/mol. The molecule has 1 fully saturated rings. The number of thioether (sulfide) groups is 1. The van der Waals surface area contributed by atoms with Crippen molar-refractivity contribution in [3.63, 3.8) is 0 Å². The lowest BCUT2D eigenvalue weighted by atomic mass is 9.83. The van der Waals surface area contributed by atoms with Gasteiger partial charge >= 0.3 is 5.97 Å². The number of carboxylic acid groups (broad SMARTS) is 1. The SMILES string of the molecule is CC1CC(C)CC(SC(C)(C)[C@@H](N)C(=O)O)C1. The molecule has 0 aromatic heterocycles. The Morgan fingerprint density at radius 2 is 1.76 bits per heavy atom. The van der Waals surface area contributed by atoms with Gasteiger partial charge < -0.3 is 10.8 Å². The first kappa shape index (κ1) is 14.8. The van der Waals surface area contributed by atoms with Gasteiger partial charge in [0.25, 0.3) is 0 Å². The Balaban J connectivity index is 2.60. The minimum absolute atomic E-state index is 0.396. The Morgan fingerprint density at radius 3 is 2.18 bits per heavy atom. The first-order valence-corrected chi connectivity index (χ1v) is 7.26. The van der Waals surface area contributed by atoms with Gasteiger partial charge in [0.1, 0.15) is 6.04 Å². The van der Waals surface area contributed by atoms with E-state index in [9.17, 15) is 4.79 Å². The molecule has 1 rings (SSSR count). The van der Waals surface area contributed by atoms with Crippen molar-refractivity contribution in [3.05, 3.63) is 0 Å². The number of hydrogen-bond donors (Lipinski definition) is 2. The molecule has 0 radical (unpaired) electrons. The van der Waals surface area contributed by atoms with Crippen LogP contribution in [0.15, 0.2) is 0 Å². The lowest BCUT2D eigenvalue weighted by Gasteiger charge is -2.37. The largest absolute Gasteiger partial charge is 0.480 e. The average molecular weight is 259 g/mol. The zero-order valence-electron chi connectivity index (χ0n) is 11.3. The van der Waals surface area contributed by atoms with Crippen molar-refractivity contribution in [1.29, 1.82) is 0 Å². The van der Waals surface area contributed by atoms with Crippen LogP contribution in [-0.4, -0.2) is 27.1 Å². The fourth-order valence-corrected chi connectivity index (χ4v) is 4.73. The van der Waals surface area contributed by atoms with E-state index in [1.54, 1.807) is 11.8 Å². The number of aliphatic carboxylic acids is 1. The monoisotopic (exact) mass is 259 g/mol. The molecule has 0 bridgehead atoms. The summed E-state index contributed by atoms with van der Waals surface area (Å²) in [7, 11) is 0. The fraction of sp³-hybridized carbons (Fsp3) is 0.923. The van der Waals surface area contributed by atoms with Crippen LogP contribution in [-0.2, 0) is 4.79 Å². The maximum atomic E-state index is 11.0. The van der Waals surface area contributed by atoms with Gasteiger partial charge in [-0.1, -0.05) is 13.8 Å². The number of rotatable bonds is 4. The minimum atomic E-state index is -0.903. The molecular formula is C13H25NO2S. The molecule has 3 N–H and O–H groups in total. The highest BCUT2D eigenvalue weighted by molar-refractivity contribution is 8.01. The van der Waals surface area contributed by atoms with E-state index in [-0.39, 0.29) is 0 Å². The van der Waals surface area contributed by atoms with Crippen LogP contribution in [0.1, 0.15) is 47.0 Å². The summed E-state index contributed by atoms with van der Waals surface area (Å²) in [5, 5.41) is 9.56. The summed E-state index contributed by atoms with van der Waals surface area (Å²) in [5.41, 5.74) is 5.76. The quantitative estimate of drug-likeness (QED) is 0.815. The van der Waals surface area contributed by atoms with Crippen molar-refractivity contribution >= 4 is 17.7 Å². The molecule has 3 atom stereocenters. The molecule has 3 nitrogen and oxygen atoms in total. The van der Waals surface area contributed by atoms with Crippen LogP contribution in [0.4, 0.5) is 0 Å². The van der Waals surface area contributed by atoms with Gasteiger partial charge in [-0.2, -0.15) is 11.8 Å². The molecule has 0 amide bonds. The Bertz CT molecular complexity index is 271. The molecule has 2 unspecified atom stereocenters. The van der Waals surface area contributed by atoms with Gasteiger partial charge in [0.05, 0.1) is 0 Å². The van der Waals surface area contributed by atoms with Gasteiger partial charge in [0.15, 0.2) is 0 Å². The van der Waals surface area contributed by atoms with E-state index >= 15 is 0 Å². The molecule has 4 heteroatoms. The van der Waals surface area contributed by atoms with Crippen molar-refractivity contribution in [3.8, 4) is 0 Å². The Hall–Kier alpha value is -0.220. The molecule has 0 spiro atoms. The molecule has 1 aliphatic carbocycles. The lowest BCUT2D eigenvalue weighted by molar-refractivity contribution is -0.139. The second-order valence-corrected chi connectivity index (χ2v) is 8.03. The van der Waals surface area contributed by atoms with Crippen molar-refractivity contribution in [2.45, 2.75) is 63.0 Å². The minimum Gasteiger partial charge on any atom is -0.480 e. The van der Waals surface area contributed by atoms with E-state index in [0.717, 1.165) is 11.8 Å². The molecule has 1 aliphatic rings. The fourth-order valence-electron chi connectivity index (χ4n) is 2.77. The smallest absolute Gasteiger partial charge is 0.321 e. The van der Waals surface area contributed by atoms with Gasteiger partial charge in [-0.05, 0) is 44.9 Å². The standard InChI is InChI=1S/C13H25NO2S/c1-8-5-9(2)7-10(6-8)17-13(3,4)11(14)12(15)16/h8-11H,5-7,14H2,1-4H3,(H,15,16)/t8?,9?,10?,11-/m0/s1. The van der Waals surface area contributed by atoms with Gasteiger partial charge in [-0.3, -0.25) is 4.79 Å². The van der Waals surface area contributed by atoms with E-state index in [4.69, 9.17) is 10.8 Å². The normalized spacial score (nSPS) is 32.2. The van der Waals surface area contributed by atoms with E-state index < -0.39 is 16.8 Å². The maximum Gasteiger partial charge on any atom is 0.321 e. The van der Waals surface area contributed by atoms with Crippen LogP contribution in [0.2, 0.25) is 0 Å². The molecule has 17 heavy (non-hydrogen) atoms. The van der Waals surface area contributed by atoms with Gasteiger partial charge in [-0.15, -0.1) is 0 Å². The summed E-state index contributed by atoms with van der Waals surface area (Å²) >= 11 is 1.76. The molecule has 100 valence electrons. The third-order valence-corrected chi connectivity index (χ3v) is 5.20. The van der Waals surface area contributed by atoms with Gasteiger partial charge in [0, 0.05) is 10.00 Å². The summed E-state index contributed by atoms with van der Waals surface area (Å²) in [4.78, 5) is 11.0. The summed E-state index contributed by atoms with van der Waals surface area (Å²) in [6, 6.07) is -0.792. The highest BCUT2D eigenvalue weighted by atomic mass is 32.2. The summed E-state index contributed by atoms with van der Waals surface area (Å²) in [5.74, 6) is 0.584. The second-order valence-electron chi connectivity index (χ2n) is 6.08. The van der Waals surface area contributed by atoms with Crippen LogP contribution >= 0.6 is 11.8 Å². The van der Waals surface area contributed by atoms with E-state index in [1.165, 1.54) is 19.3 Å². The zero-order chi connectivity index (χ0) is 13.2. The first-order chi connectivity index (χ1) is 7.72. The first-order valence-electron chi connectivity index (χ1n) is 6.38. The van der Waals surface area contributed by atoms with E-state index in [1.807, 2.05) is 13.8 Å². The topological polar surface area (TPSA) is 63.3 Å². The van der Waals surface area contributed by atoms with E-state index in [2.05, 4.69) is 13.8 Å². The molecule has 0 aromatic carbocycles. The zero-order valence-corrected chi connectivity index (χ0v) is 12.1. The highest BCUT2D eigenvalue weighted by Gasteiger charge is 2.37. The second kappa shape index (κ2) is 5.61. The van der Waals surface area contributed by atoms with Crippen LogP contribution in [0.25, 0.3) is 0 Å². The number of carboxylic acids is 1. The molecule has 0 aromatic rings. The van der Waals surface area contributed by atoms with E-state index in [0.29, 0.717) is 5.25 Å². The van der Waals surface area contributed by atoms with Crippen molar-refractivity contribution in [2.75, 3.05) is 0 Å². The Kier molecular flexibility index (Phi) is 4.90. The Labute approximate surface area is 109 Å². The predicted octanol–water partition coefficient (Wildman–Crippen LogP) is 2.73. The van der Waals surface area contributed by atoms with Gasteiger partial charge in [-0.25, -0.2) is 0 Å². The molecule has 1 saturated carbocycles. The van der Waals surface area contributed by atoms with Crippen LogP contribution in [0.3, 0.4) is 0 Å². The molecule has 0 saturated heterocycles. The third-order valence-electron chi connectivity index (χ3n) is 3.62. The third kappa shape index (κ3) is 4.18. The summed E-state index contributed by atoms with van der Waals surface area (Å²) in [6.07, 6.45) is 3.66. The van der Waals surface area contributed by atoms with Crippen LogP contribution < -0.4 is 5.73 Å². The van der Waals surface area contributed by atoms with Crippen molar-refractivity contribution in [1.82, 2.24) is 0 Å². The van der Waals surface area contributed by atoms with Crippen LogP contribution in [0, 0.1) is 11.8 Å². The predicted molar refractivity (Wildman–Crippen MR) is 73.2 cm³/mol.